The zero-order chi connectivity index (χ0) is 26.6. The number of methoxy groups -OCH3 is 2. The second-order valence-electron chi connectivity index (χ2n) is 9.23. The van der Waals surface area contributed by atoms with E-state index in [0.29, 0.717) is 39.7 Å². The van der Waals surface area contributed by atoms with Crippen molar-refractivity contribution in [3.05, 3.63) is 82.9 Å². The number of aliphatic hydroxyl groups is 1. The summed E-state index contributed by atoms with van der Waals surface area (Å²) in [6.07, 6.45) is 0.729. The van der Waals surface area contributed by atoms with E-state index in [0.717, 1.165) is 16.0 Å². The van der Waals surface area contributed by atoms with Gasteiger partial charge in [0.25, 0.3) is 5.78 Å². The number of carbonyl (C=O) groups is 2. The first-order valence-electron chi connectivity index (χ1n) is 12.1. The normalized spacial score (nSPS) is 20.0. The highest BCUT2D eigenvalue weighted by Crippen LogP contribution is 2.45. The minimum Gasteiger partial charge on any atom is -0.507 e. The van der Waals surface area contributed by atoms with Crippen LogP contribution >= 0.6 is 11.3 Å². The van der Waals surface area contributed by atoms with Gasteiger partial charge in [0.15, 0.2) is 5.13 Å². The molecule has 1 aromatic heterocycles. The molecule has 1 fully saturated rings. The van der Waals surface area contributed by atoms with E-state index in [9.17, 15) is 14.7 Å². The van der Waals surface area contributed by atoms with E-state index < -0.39 is 17.7 Å². The van der Waals surface area contributed by atoms with E-state index in [4.69, 9.17) is 14.2 Å². The maximum atomic E-state index is 13.5. The molecule has 3 aromatic carbocycles. The first-order chi connectivity index (χ1) is 18.4. The molecule has 6 rings (SSSR count). The number of rotatable bonds is 5. The van der Waals surface area contributed by atoms with Gasteiger partial charge in [0.1, 0.15) is 29.1 Å². The Kier molecular flexibility index (Phi) is 5.80. The molecule has 0 aliphatic carbocycles. The van der Waals surface area contributed by atoms with Crippen LogP contribution in [0.4, 0.5) is 5.13 Å². The molecule has 38 heavy (non-hydrogen) atoms. The third-order valence-corrected chi connectivity index (χ3v) is 7.85. The van der Waals surface area contributed by atoms with Gasteiger partial charge in [0, 0.05) is 12.0 Å². The maximum Gasteiger partial charge on any atom is 0.301 e. The van der Waals surface area contributed by atoms with Crippen molar-refractivity contribution in [3.8, 4) is 17.2 Å². The van der Waals surface area contributed by atoms with Crippen molar-refractivity contribution in [1.82, 2.24) is 4.98 Å². The zero-order valence-electron chi connectivity index (χ0n) is 20.9. The lowest BCUT2D eigenvalue weighted by molar-refractivity contribution is -0.132. The van der Waals surface area contributed by atoms with Crippen LogP contribution in [0.3, 0.4) is 0 Å². The lowest BCUT2D eigenvalue weighted by atomic mass is 9.94. The fourth-order valence-electron chi connectivity index (χ4n) is 4.98. The van der Waals surface area contributed by atoms with E-state index >= 15 is 0 Å². The van der Waals surface area contributed by atoms with Crippen molar-refractivity contribution < 1.29 is 28.9 Å². The quantitative estimate of drug-likeness (QED) is 0.214. The summed E-state index contributed by atoms with van der Waals surface area (Å²) in [5.41, 5.74) is 2.71. The summed E-state index contributed by atoms with van der Waals surface area (Å²) in [7, 11) is 3.14. The number of amides is 1. The number of hydrogen-bond donors (Lipinski definition) is 1. The van der Waals surface area contributed by atoms with Crippen LogP contribution in [0.2, 0.25) is 0 Å². The Hall–Kier alpha value is -4.37. The molecule has 4 aromatic rings. The molecule has 2 atom stereocenters. The van der Waals surface area contributed by atoms with Crippen LogP contribution in [0.25, 0.3) is 16.0 Å². The molecule has 3 heterocycles. The first-order valence-corrected chi connectivity index (χ1v) is 12.9. The molecular formula is C29H24N2O6S. The van der Waals surface area contributed by atoms with Gasteiger partial charge in [-0.05, 0) is 66.6 Å². The van der Waals surface area contributed by atoms with E-state index in [1.54, 1.807) is 62.8 Å². The predicted molar refractivity (Wildman–Crippen MR) is 144 cm³/mol. The average Bonchev–Trinajstić information content (AvgIpc) is 3.60. The van der Waals surface area contributed by atoms with Crippen molar-refractivity contribution >= 4 is 44.1 Å². The van der Waals surface area contributed by atoms with E-state index in [2.05, 4.69) is 4.98 Å². The Bertz CT molecular complexity index is 1620. The van der Waals surface area contributed by atoms with Crippen molar-refractivity contribution in [2.75, 3.05) is 19.1 Å². The maximum absolute atomic E-state index is 13.5. The summed E-state index contributed by atoms with van der Waals surface area (Å²) >= 11 is 1.28. The van der Waals surface area contributed by atoms with Gasteiger partial charge in [-0.2, -0.15) is 0 Å². The minimum atomic E-state index is -0.883. The monoisotopic (exact) mass is 528 g/mol. The van der Waals surface area contributed by atoms with E-state index in [-0.39, 0.29) is 17.4 Å². The highest BCUT2D eigenvalue weighted by Gasteiger charge is 2.48. The van der Waals surface area contributed by atoms with Gasteiger partial charge in [-0.1, -0.05) is 23.5 Å². The molecule has 8 nitrogen and oxygen atoms in total. The first kappa shape index (κ1) is 24.0. The number of thiazole rings is 1. The Labute approximate surface area is 222 Å². The van der Waals surface area contributed by atoms with Crippen molar-refractivity contribution in [2.45, 2.75) is 25.5 Å². The van der Waals surface area contributed by atoms with Crippen LogP contribution in [-0.4, -0.2) is 42.1 Å². The number of ketones is 1. The topological polar surface area (TPSA) is 98.2 Å². The second kappa shape index (κ2) is 9.18. The second-order valence-corrected chi connectivity index (χ2v) is 10.2. The van der Waals surface area contributed by atoms with Crippen LogP contribution in [0.1, 0.15) is 29.7 Å². The molecule has 9 heteroatoms. The number of hydrogen-bond acceptors (Lipinski definition) is 8. The Morgan fingerprint density at radius 3 is 2.50 bits per heavy atom. The lowest BCUT2D eigenvalue weighted by Crippen LogP contribution is -2.29. The minimum absolute atomic E-state index is 0.00363. The predicted octanol–water partition coefficient (Wildman–Crippen LogP) is 5.26. The number of Topliss-reactive ketones (excluding diaryl/α,β-unsaturated/α-hetero) is 1. The van der Waals surface area contributed by atoms with Crippen LogP contribution in [-0.2, 0) is 16.0 Å². The SMILES string of the molecule is COc1ccc([C@@H]2C(=C(O)c3ccc4c(c3)C[C@@H](C)O4)C(=O)C(=O)N2c2nc3ccc(OC)cc3s2)cc1. The number of benzene rings is 3. The molecule has 0 radical (unpaired) electrons. The number of aliphatic hydroxyl groups excluding tert-OH is 1. The number of nitrogens with zero attached hydrogens (tertiary/aromatic N) is 2. The number of ether oxygens (including phenoxy) is 3. The van der Waals surface area contributed by atoms with E-state index in [1.165, 1.54) is 16.2 Å². The van der Waals surface area contributed by atoms with Crippen molar-refractivity contribution in [2.24, 2.45) is 0 Å². The summed E-state index contributed by atoms with van der Waals surface area (Å²) < 4.78 is 17.2. The smallest absolute Gasteiger partial charge is 0.301 e. The van der Waals surface area contributed by atoms with Gasteiger partial charge >= 0.3 is 5.91 Å². The van der Waals surface area contributed by atoms with Crippen LogP contribution in [0.15, 0.2) is 66.2 Å². The molecule has 1 saturated heterocycles. The summed E-state index contributed by atoms with van der Waals surface area (Å²) in [5, 5.41) is 11.8. The van der Waals surface area contributed by atoms with Gasteiger partial charge in [0.05, 0.1) is 36.1 Å². The third kappa shape index (κ3) is 3.86. The van der Waals surface area contributed by atoms with E-state index in [1.807, 2.05) is 19.1 Å². The number of aromatic nitrogens is 1. The largest absolute Gasteiger partial charge is 0.507 e. The molecule has 2 aliphatic heterocycles. The van der Waals surface area contributed by atoms with Gasteiger partial charge in [-0.3, -0.25) is 14.5 Å². The summed E-state index contributed by atoms with van der Waals surface area (Å²) in [4.78, 5) is 33.1. The molecule has 0 unspecified atom stereocenters. The average molecular weight is 529 g/mol. The summed E-state index contributed by atoms with van der Waals surface area (Å²) in [6, 6.07) is 16.9. The van der Waals surface area contributed by atoms with Gasteiger partial charge < -0.3 is 19.3 Å². The lowest BCUT2D eigenvalue weighted by Gasteiger charge is -2.23. The van der Waals surface area contributed by atoms with Crippen molar-refractivity contribution in [3.63, 3.8) is 0 Å². The molecule has 1 N–H and O–H groups in total. The van der Waals surface area contributed by atoms with Crippen LogP contribution < -0.4 is 19.1 Å². The Morgan fingerprint density at radius 2 is 1.76 bits per heavy atom. The van der Waals surface area contributed by atoms with Gasteiger partial charge in [-0.25, -0.2) is 4.98 Å². The zero-order valence-corrected chi connectivity index (χ0v) is 21.7. The number of carbonyl (C=O) groups excluding carboxylic acids is 2. The highest BCUT2D eigenvalue weighted by atomic mass is 32.1. The molecule has 192 valence electrons. The molecular weight excluding hydrogens is 504 g/mol. The van der Waals surface area contributed by atoms with Crippen LogP contribution in [0, 0.1) is 0 Å². The molecule has 0 bridgehead atoms. The fraction of sp³-hybridized carbons (Fsp3) is 0.207. The highest BCUT2D eigenvalue weighted by molar-refractivity contribution is 7.22. The Balaban J connectivity index is 1.52. The van der Waals surface area contributed by atoms with Crippen LogP contribution in [0.5, 0.6) is 17.2 Å². The van der Waals surface area contributed by atoms with Crippen molar-refractivity contribution in [1.29, 1.82) is 0 Å². The number of anilines is 1. The van der Waals surface area contributed by atoms with Gasteiger partial charge in [0.2, 0.25) is 0 Å². The molecule has 1 amide bonds. The summed E-state index contributed by atoms with van der Waals surface area (Å²) in [6.45, 7) is 1.97. The van der Waals surface area contributed by atoms with Gasteiger partial charge in [-0.15, -0.1) is 0 Å². The fourth-order valence-corrected chi connectivity index (χ4v) is 6.00. The number of fused-ring (bicyclic) bond motifs is 2. The summed E-state index contributed by atoms with van der Waals surface area (Å²) in [5.74, 6) is 0.284. The Morgan fingerprint density at radius 1 is 1.03 bits per heavy atom. The molecule has 0 saturated carbocycles. The standard InChI is InChI=1S/C29H24N2O6S/c1-15-12-18-13-17(6-11-22(18)37-15)26(32)24-25(16-4-7-19(35-2)8-5-16)31(28(34)27(24)33)29-30-21-10-9-20(36-3)14-23(21)38-29/h4-11,13-15,25,32H,12H2,1-3H3/t15-,25-/m1/s1. The molecule has 2 aliphatic rings. The third-order valence-electron chi connectivity index (χ3n) is 6.84. The molecule has 0 spiro atoms.